The number of carbonyl (C=O) groups is 1. The Morgan fingerprint density at radius 3 is 2.70 bits per heavy atom. The molecule has 0 unspecified atom stereocenters. The predicted molar refractivity (Wildman–Crippen MR) is 36.4 cm³/mol. The van der Waals surface area contributed by atoms with E-state index in [9.17, 15) is 4.79 Å². The summed E-state index contributed by atoms with van der Waals surface area (Å²) < 4.78 is 0. The van der Waals surface area contributed by atoms with E-state index in [0.29, 0.717) is 0 Å². The summed E-state index contributed by atoms with van der Waals surface area (Å²) in [5, 5.41) is 17.1. The third-order valence-electron chi connectivity index (χ3n) is 1.17. The van der Waals surface area contributed by atoms with Crippen LogP contribution in [0.4, 0.5) is 0 Å². The van der Waals surface area contributed by atoms with Crippen molar-refractivity contribution in [2.75, 3.05) is 0 Å². The van der Waals surface area contributed by atoms with Gasteiger partial charge in [-0.1, -0.05) is 6.08 Å². The SMILES string of the molecule is O=C1CC=C(B(O)O)C=N1. The lowest BCUT2D eigenvalue weighted by molar-refractivity contribution is -0.117. The predicted octanol–water partition coefficient (Wildman–Crippen LogP) is -1.07. The summed E-state index contributed by atoms with van der Waals surface area (Å²) >= 11 is 0. The summed E-state index contributed by atoms with van der Waals surface area (Å²) in [4.78, 5) is 13.8. The van der Waals surface area contributed by atoms with Crippen molar-refractivity contribution in [3.05, 3.63) is 11.5 Å². The first kappa shape index (κ1) is 7.18. The van der Waals surface area contributed by atoms with Gasteiger partial charge >= 0.3 is 7.12 Å². The van der Waals surface area contributed by atoms with Gasteiger partial charge in [-0.05, 0) is 5.47 Å². The normalized spacial score (nSPS) is 17.0. The molecular weight excluding hydrogens is 133 g/mol. The van der Waals surface area contributed by atoms with Crippen LogP contribution in [0.3, 0.4) is 0 Å². The van der Waals surface area contributed by atoms with Crippen molar-refractivity contribution in [3.63, 3.8) is 0 Å². The van der Waals surface area contributed by atoms with Gasteiger partial charge in [-0.3, -0.25) is 4.79 Å². The van der Waals surface area contributed by atoms with E-state index < -0.39 is 7.12 Å². The summed E-state index contributed by atoms with van der Waals surface area (Å²) in [6, 6.07) is 0. The largest absolute Gasteiger partial charge is 0.489 e. The second-order valence-corrected chi connectivity index (χ2v) is 1.93. The minimum atomic E-state index is -1.52. The summed E-state index contributed by atoms with van der Waals surface area (Å²) in [7, 11) is -1.52. The van der Waals surface area contributed by atoms with E-state index in [1.54, 1.807) is 0 Å². The van der Waals surface area contributed by atoms with E-state index in [1.807, 2.05) is 0 Å². The second-order valence-electron chi connectivity index (χ2n) is 1.93. The van der Waals surface area contributed by atoms with Crippen LogP contribution in [0, 0.1) is 0 Å². The van der Waals surface area contributed by atoms with Gasteiger partial charge in [-0.25, -0.2) is 4.99 Å². The first-order valence-corrected chi connectivity index (χ1v) is 2.83. The molecule has 0 aromatic carbocycles. The minimum Gasteiger partial charge on any atom is -0.423 e. The van der Waals surface area contributed by atoms with Crippen LogP contribution in [-0.4, -0.2) is 29.3 Å². The van der Waals surface area contributed by atoms with Gasteiger partial charge in [0.1, 0.15) is 0 Å². The van der Waals surface area contributed by atoms with Crippen molar-refractivity contribution in [1.29, 1.82) is 0 Å². The molecule has 5 heteroatoms. The molecule has 0 radical (unpaired) electrons. The topological polar surface area (TPSA) is 69.9 Å². The van der Waals surface area contributed by atoms with Crippen molar-refractivity contribution in [1.82, 2.24) is 0 Å². The number of rotatable bonds is 1. The number of hydrogen-bond donors (Lipinski definition) is 2. The average Bonchev–Trinajstić information content (AvgIpc) is 1.88. The molecule has 0 bridgehead atoms. The molecule has 0 spiro atoms. The summed E-state index contributed by atoms with van der Waals surface area (Å²) in [6.07, 6.45) is 2.76. The van der Waals surface area contributed by atoms with E-state index in [2.05, 4.69) is 4.99 Å². The maximum atomic E-state index is 10.4. The Morgan fingerprint density at radius 2 is 2.30 bits per heavy atom. The Morgan fingerprint density at radius 1 is 1.60 bits per heavy atom. The van der Waals surface area contributed by atoms with E-state index in [-0.39, 0.29) is 17.8 Å². The average molecular weight is 139 g/mol. The third kappa shape index (κ3) is 1.52. The zero-order chi connectivity index (χ0) is 7.56. The quantitative estimate of drug-likeness (QED) is 0.454. The zero-order valence-corrected chi connectivity index (χ0v) is 5.19. The molecular formula is C5H6BNO3. The second kappa shape index (κ2) is 2.77. The Labute approximate surface area is 58.0 Å². The molecule has 0 aromatic heterocycles. The molecule has 0 atom stereocenters. The molecule has 0 aromatic rings. The van der Waals surface area contributed by atoms with E-state index in [4.69, 9.17) is 10.0 Å². The van der Waals surface area contributed by atoms with Gasteiger partial charge in [0, 0.05) is 12.6 Å². The van der Waals surface area contributed by atoms with Crippen LogP contribution >= 0.6 is 0 Å². The number of aliphatic imine (C=N–C) groups is 1. The first-order valence-electron chi connectivity index (χ1n) is 2.83. The Kier molecular flexibility index (Phi) is 1.98. The maximum Gasteiger partial charge on any atom is 0.489 e. The van der Waals surface area contributed by atoms with Crippen LogP contribution in [0.2, 0.25) is 0 Å². The molecule has 0 aliphatic carbocycles. The molecule has 1 aliphatic rings. The fourth-order valence-corrected chi connectivity index (χ4v) is 0.629. The van der Waals surface area contributed by atoms with Crippen LogP contribution in [0.5, 0.6) is 0 Å². The highest BCUT2D eigenvalue weighted by molar-refractivity contribution is 6.57. The number of amides is 1. The fourth-order valence-electron chi connectivity index (χ4n) is 0.629. The Hall–Kier alpha value is -0.935. The lowest BCUT2D eigenvalue weighted by Gasteiger charge is -2.02. The van der Waals surface area contributed by atoms with Crippen LogP contribution < -0.4 is 0 Å². The number of hydrogen-bond acceptors (Lipinski definition) is 3. The van der Waals surface area contributed by atoms with Crippen molar-refractivity contribution < 1.29 is 14.8 Å². The van der Waals surface area contributed by atoms with Gasteiger partial charge in [0.25, 0.3) is 0 Å². The number of nitrogens with zero attached hydrogens (tertiary/aromatic N) is 1. The molecule has 1 amide bonds. The van der Waals surface area contributed by atoms with Gasteiger partial charge in [0.05, 0.1) is 0 Å². The lowest BCUT2D eigenvalue weighted by atomic mass is 9.79. The minimum absolute atomic E-state index is 0.156. The standard InChI is InChI=1S/C5H6BNO3/c8-5-2-1-4(3-7-5)6(9)10/h1,3,9-10H,2H2. The smallest absolute Gasteiger partial charge is 0.423 e. The molecule has 10 heavy (non-hydrogen) atoms. The van der Waals surface area contributed by atoms with E-state index >= 15 is 0 Å². The monoisotopic (exact) mass is 139 g/mol. The fraction of sp³-hybridized carbons (Fsp3) is 0.200. The molecule has 0 fully saturated rings. The van der Waals surface area contributed by atoms with E-state index in [1.165, 1.54) is 6.08 Å². The lowest BCUT2D eigenvalue weighted by Crippen LogP contribution is -2.19. The maximum absolute atomic E-state index is 10.4. The van der Waals surface area contributed by atoms with Crippen LogP contribution in [0.15, 0.2) is 16.5 Å². The van der Waals surface area contributed by atoms with Gasteiger partial charge < -0.3 is 10.0 Å². The highest BCUT2D eigenvalue weighted by Gasteiger charge is 2.15. The van der Waals surface area contributed by atoms with Crippen molar-refractivity contribution in [3.8, 4) is 0 Å². The van der Waals surface area contributed by atoms with Crippen LogP contribution in [0.25, 0.3) is 0 Å². The van der Waals surface area contributed by atoms with E-state index in [0.717, 1.165) is 6.21 Å². The van der Waals surface area contributed by atoms with Crippen molar-refractivity contribution >= 4 is 19.2 Å². The Balaban J connectivity index is 2.67. The molecule has 52 valence electrons. The van der Waals surface area contributed by atoms with Crippen LogP contribution in [-0.2, 0) is 4.79 Å². The van der Waals surface area contributed by atoms with Gasteiger partial charge in [0.15, 0.2) is 0 Å². The first-order chi connectivity index (χ1) is 4.70. The van der Waals surface area contributed by atoms with Crippen LogP contribution in [0.1, 0.15) is 6.42 Å². The molecule has 1 rings (SSSR count). The summed E-state index contributed by atoms with van der Waals surface area (Å²) in [6.45, 7) is 0. The Bertz CT molecular complexity index is 209. The molecule has 1 heterocycles. The van der Waals surface area contributed by atoms with Crippen molar-refractivity contribution in [2.24, 2.45) is 4.99 Å². The highest BCUT2D eigenvalue weighted by Crippen LogP contribution is 2.02. The summed E-state index contributed by atoms with van der Waals surface area (Å²) in [5.74, 6) is -0.260. The van der Waals surface area contributed by atoms with Crippen molar-refractivity contribution in [2.45, 2.75) is 6.42 Å². The number of allylic oxidation sites excluding steroid dienone is 1. The summed E-state index contributed by atoms with van der Waals surface area (Å²) in [5.41, 5.74) is 0.277. The number of dihydropyridines is 1. The molecule has 0 saturated carbocycles. The zero-order valence-electron chi connectivity index (χ0n) is 5.19. The van der Waals surface area contributed by atoms with Gasteiger partial charge in [-0.2, -0.15) is 0 Å². The van der Waals surface area contributed by atoms with Gasteiger partial charge in [-0.15, -0.1) is 0 Å². The molecule has 4 nitrogen and oxygen atoms in total. The third-order valence-corrected chi connectivity index (χ3v) is 1.17. The highest BCUT2D eigenvalue weighted by atomic mass is 16.4. The molecule has 0 saturated heterocycles. The molecule has 2 N–H and O–H groups in total. The molecule has 1 aliphatic heterocycles. The number of carbonyl (C=O) groups excluding carboxylic acids is 1. The van der Waals surface area contributed by atoms with Gasteiger partial charge in [0.2, 0.25) is 5.91 Å².